The Hall–Kier alpha value is -1.64. The summed E-state index contributed by atoms with van der Waals surface area (Å²) >= 11 is 0. The third-order valence-corrected chi connectivity index (χ3v) is 4.62. The predicted molar refractivity (Wildman–Crippen MR) is 87.1 cm³/mol. The molecule has 1 aromatic rings. The third-order valence-electron chi connectivity index (χ3n) is 4.62. The minimum atomic E-state index is -0.637. The van der Waals surface area contributed by atoms with Gasteiger partial charge in [0.2, 0.25) is 0 Å². The zero-order chi connectivity index (χ0) is 16.3. The number of hydrogen-bond donors (Lipinski definition) is 0. The van der Waals surface area contributed by atoms with Crippen molar-refractivity contribution < 1.29 is 14.3 Å². The van der Waals surface area contributed by atoms with Gasteiger partial charge in [0.05, 0.1) is 6.61 Å². The molecule has 1 fully saturated rings. The molecule has 22 heavy (non-hydrogen) atoms. The number of rotatable bonds is 5. The number of ketones is 1. The van der Waals surface area contributed by atoms with Crippen molar-refractivity contribution in [2.24, 2.45) is 11.8 Å². The van der Waals surface area contributed by atoms with Gasteiger partial charge in [-0.2, -0.15) is 0 Å². The van der Waals surface area contributed by atoms with Crippen LogP contribution in [-0.4, -0.2) is 18.4 Å². The van der Waals surface area contributed by atoms with Crippen LogP contribution >= 0.6 is 0 Å². The van der Waals surface area contributed by atoms with Gasteiger partial charge >= 0.3 is 5.97 Å². The monoisotopic (exact) mass is 302 g/mol. The highest BCUT2D eigenvalue weighted by molar-refractivity contribution is 6.10. The molecule has 1 saturated carbocycles. The maximum atomic E-state index is 13.1. The maximum Gasteiger partial charge on any atom is 0.317 e. The van der Waals surface area contributed by atoms with Crippen molar-refractivity contribution in [2.45, 2.75) is 53.4 Å². The Bertz CT molecular complexity index is 545. The highest BCUT2D eigenvalue weighted by Gasteiger charge is 2.38. The minimum Gasteiger partial charge on any atom is -0.465 e. The van der Waals surface area contributed by atoms with Crippen LogP contribution in [0.25, 0.3) is 0 Å². The quantitative estimate of drug-likeness (QED) is 0.466. The Labute approximate surface area is 133 Å². The molecule has 0 N–H and O–H groups in total. The zero-order valence-electron chi connectivity index (χ0n) is 14.1. The fourth-order valence-electron chi connectivity index (χ4n) is 3.76. The SMILES string of the molecule is CCOC(=O)C(C(=O)c1c(C)cc(C)cc1C)C1CCCC1. The second-order valence-corrected chi connectivity index (χ2v) is 6.41. The van der Waals surface area contributed by atoms with Crippen molar-refractivity contribution in [1.29, 1.82) is 0 Å². The van der Waals surface area contributed by atoms with E-state index in [1.165, 1.54) is 0 Å². The van der Waals surface area contributed by atoms with Crippen LogP contribution in [0.15, 0.2) is 12.1 Å². The van der Waals surface area contributed by atoms with Gasteiger partial charge in [-0.1, -0.05) is 30.5 Å². The molecule has 1 aromatic carbocycles. The predicted octanol–water partition coefficient (Wildman–Crippen LogP) is 4.16. The van der Waals surface area contributed by atoms with Gasteiger partial charge in [-0.25, -0.2) is 0 Å². The summed E-state index contributed by atoms with van der Waals surface area (Å²) in [6.07, 6.45) is 4.08. The van der Waals surface area contributed by atoms with Crippen LogP contribution in [0, 0.1) is 32.6 Å². The number of ether oxygens (including phenoxy) is 1. The molecule has 0 aromatic heterocycles. The van der Waals surface area contributed by atoms with E-state index in [-0.39, 0.29) is 17.7 Å². The molecule has 3 nitrogen and oxygen atoms in total. The fourth-order valence-corrected chi connectivity index (χ4v) is 3.76. The van der Waals surface area contributed by atoms with E-state index in [9.17, 15) is 9.59 Å². The zero-order valence-corrected chi connectivity index (χ0v) is 14.1. The summed E-state index contributed by atoms with van der Waals surface area (Å²) in [6.45, 7) is 8.03. The third kappa shape index (κ3) is 3.40. The van der Waals surface area contributed by atoms with Gasteiger partial charge in [-0.05, 0) is 57.6 Å². The summed E-state index contributed by atoms with van der Waals surface area (Å²) in [5, 5.41) is 0. The largest absolute Gasteiger partial charge is 0.465 e. The van der Waals surface area contributed by atoms with Gasteiger partial charge in [-0.15, -0.1) is 0 Å². The van der Waals surface area contributed by atoms with Crippen molar-refractivity contribution in [1.82, 2.24) is 0 Å². The minimum absolute atomic E-state index is 0.0552. The first-order chi connectivity index (χ1) is 10.5. The molecule has 1 unspecified atom stereocenters. The molecule has 0 saturated heterocycles. The lowest BCUT2D eigenvalue weighted by atomic mass is 9.82. The van der Waals surface area contributed by atoms with Crippen LogP contribution in [0.5, 0.6) is 0 Å². The average Bonchev–Trinajstić information content (AvgIpc) is 2.91. The van der Waals surface area contributed by atoms with E-state index in [4.69, 9.17) is 4.74 Å². The molecule has 0 amide bonds. The molecular formula is C19H26O3. The van der Waals surface area contributed by atoms with Crippen molar-refractivity contribution >= 4 is 11.8 Å². The topological polar surface area (TPSA) is 43.4 Å². The van der Waals surface area contributed by atoms with Crippen LogP contribution in [-0.2, 0) is 9.53 Å². The van der Waals surface area contributed by atoms with Crippen molar-refractivity contribution in [2.75, 3.05) is 6.61 Å². The summed E-state index contributed by atoms with van der Waals surface area (Å²) in [4.78, 5) is 25.5. The second-order valence-electron chi connectivity index (χ2n) is 6.41. The van der Waals surface area contributed by atoms with Crippen LogP contribution in [0.2, 0.25) is 0 Å². The van der Waals surface area contributed by atoms with E-state index >= 15 is 0 Å². The molecule has 3 heteroatoms. The van der Waals surface area contributed by atoms with E-state index < -0.39 is 5.92 Å². The molecule has 1 aliphatic carbocycles. The Morgan fingerprint density at radius 1 is 1.14 bits per heavy atom. The van der Waals surface area contributed by atoms with Crippen molar-refractivity contribution in [3.63, 3.8) is 0 Å². The molecule has 0 bridgehead atoms. The Morgan fingerprint density at radius 2 is 1.68 bits per heavy atom. The molecule has 0 aliphatic heterocycles. The number of Topliss-reactive ketones (excluding diaryl/α,β-unsaturated/α-hetero) is 1. The van der Waals surface area contributed by atoms with E-state index in [1.807, 2.05) is 32.9 Å². The molecule has 120 valence electrons. The summed E-state index contributed by atoms with van der Waals surface area (Å²) in [5.74, 6) is -0.909. The Balaban J connectivity index is 2.38. The average molecular weight is 302 g/mol. The summed E-state index contributed by atoms with van der Waals surface area (Å²) in [7, 11) is 0. The number of carbonyl (C=O) groups excluding carboxylic acids is 2. The first-order valence-corrected chi connectivity index (χ1v) is 8.24. The van der Waals surface area contributed by atoms with Gasteiger partial charge in [0, 0.05) is 5.56 Å². The molecule has 0 radical (unpaired) electrons. The number of hydrogen-bond acceptors (Lipinski definition) is 3. The molecule has 0 heterocycles. The molecule has 0 spiro atoms. The normalized spacial score (nSPS) is 16.5. The van der Waals surface area contributed by atoms with Crippen molar-refractivity contribution in [3.05, 3.63) is 34.4 Å². The lowest BCUT2D eigenvalue weighted by molar-refractivity contribution is -0.147. The molecule has 1 atom stereocenters. The Kier molecular flexibility index (Phi) is 5.38. The first-order valence-electron chi connectivity index (χ1n) is 8.24. The van der Waals surface area contributed by atoms with E-state index in [0.29, 0.717) is 12.2 Å². The van der Waals surface area contributed by atoms with Gasteiger partial charge < -0.3 is 4.74 Å². The van der Waals surface area contributed by atoms with Crippen LogP contribution in [0.3, 0.4) is 0 Å². The first kappa shape index (κ1) is 16.7. The number of carbonyl (C=O) groups is 2. The maximum absolute atomic E-state index is 13.1. The van der Waals surface area contributed by atoms with Gasteiger partial charge in [0.15, 0.2) is 5.78 Å². The summed E-state index contributed by atoms with van der Waals surface area (Å²) < 4.78 is 5.20. The lowest BCUT2D eigenvalue weighted by Crippen LogP contribution is -2.33. The van der Waals surface area contributed by atoms with E-state index in [2.05, 4.69) is 0 Å². The number of aryl methyl sites for hydroxylation is 3. The smallest absolute Gasteiger partial charge is 0.317 e. The second kappa shape index (κ2) is 7.08. The van der Waals surface area contributed by atoms with E-state index in [0.717, 1.165) is 42.4 Å². The van der Waals surface area contributed by atoms with E-state index in [1.54, 1.807) is 6.92 Å². The van der Waals surface area contributed by atoms with Crippen LogP contribution in [0.4, 0.5) is 0 Å². The lowest BCUT2D eigenvalue weighted by Gasteiger charge is -2.22. The van der Waals surface area contributed by atoms with Crippen LogP contribution in [0.1, 0.15) is 59.7 Å². The van der Waals surface area contributed by atoms with Crippen molar-refractivity contribution in [3.8, 4) is 0 Å². The summed E-state index contributed by atoms with van der Waals surface area (Å²) in [5.41, 5.74) is 3.75. The van der Waals surface area contributed by atoms with Gasteiger partial charge in [0.1, 0.15) is 5.92 Å². The summed E-state index contributed by atoms with van der Waals surface area (Å²) in [6, 6.07) is 4.02. The van der Waals surface area contributed by atoms with Gasteiger partial charge in [-0.3, -0.25) is 9.59 Å². The highest BCUT2D eigenvalue weighted by Crippen LogP contribution is 2.35. The molecular weight excluding hydrogens is 276 g/mol. The molecule has 1 aliphatic rings. The number of benzene rings is 1. The molecule has 2 rings (SSSR count). The number of esters is 1. The Morgan fingerprint density at radius 3 is 2.18 bits per heavy atom. The van der Waals surface area contributed by atoms with Gasteiger partial charge in [0.25, 0.3) is 0 Å². The standard InChI is InChI=1S/C19H26O3/c1-5-22-19(21)17(15-8-6-7-9-15)18(20)16-13(3)10-12(2)11-14(16)4/h10-11,15,17H,5-9H2,1-4H3. The highest BCUT2D eigenvalue weighted by atomic mass is 16.5. The van der Waals surface area contributed by atoms with Crippen LogP contribution < -0.4 is 0 Å². The fraction of sp³-hybridized carbons (Fsp3) is 0.579.